The summed E-state index contributed by atoms with van der Waals surface area (Å²) in [4.78, 5) is 30.3. The summed E-state index contributed by atoms with van der Waals surface area (Å²) in [6, 6.07) is 19.2. The number of para-hydroxylation sites is 1. The molecule has 10 heteroatoms. The van der Waals surface area contributed by atoms with Gasteiger partial charge in [-0.3, -0.25) is 14.2 Å². The van der Waals surface area contributed by atoms with E-state index in [1.807, 2.05) is 6.07 Å². The average Bonchev–Trinajstić information content (AvgIpc) is 2.85. The summed E-state index contributed by atoms with van der Waals surface area (Å²) in [5.74, 6) is 0.279. The van der Waals surface area contributed by atoms with Gasteiger partial charge in [0.1, 0.15) is 5.75 Å². The van der Waals surface area contributed by atoms with Crippen molar-refractivity contribution in [3.05, 3.63) is 92.7 Å². The van der Waals surface area contributed by atoms with E-state index in [-0.39, 0.29) is 17.2 Å². The van der Waals surface area contributed by atoms with Crippen LogP contribution in [0.5, 0.6) is 5.75 Å². The number of hydrogen-bond acceptors (Lipinski definition) is 6. The Kier molecular flexibility index (Phi) is 7.52. The van der Waals surface area contributed by atoms with E-state index in [9.17, 15) is 9.59 Å². The Bertz CT molecular complexity index is 1440. The van der Waals surface area contributed by atoms with Gasteiger partial charge in [0, 0.05) is 5.56 Å². The van der Waals surface area contributed by atoms with Crippen molar-refractivity contribution >= 4 is 58.0 Å². The molecule has 0 fully saturated rings. The van der Waals surface area contributed by atoms with Gasteiger partial charge in [-0.05, 0) is 42.5 Å². The van der Waals surface area contributed by atoms with E-state index < -0.39 is 0 Å². The number of aromatic nitrogens is 2. The highest BCUT2D eigenvalue weighted by Gasteiger charge is 2.15. The van der Waals surface area contributed by atoms with Crippen LogP contribution in [0.1, 0.15) is 5.56 Å². The molecule has 0 saturated carbocycles. The molecular weight excluding hydrogens is 495 g/mol. The molecule has 1 heterocycles. The number of carbonyl (C=O) groups is 1. The fraction of sp³-hybridized carbons (Fsp3) is 0.0833. The minimum atomic E-state index is -0.372. The second kappa shape index (κ2) is 10.7. The molecular formula is C24H18Cl2N4O3S. The first-order chi connectivity index (χ1) is 16.5. The molecule has 7 nitrogen and oxygen atoms in total. The lowest BCUT2D eigenvalue weighted by Crippen LogP contribution is -2.24. The van der Waals surface area contributed by atoms with Crippen LogP contribution < -0.4 is 15.7 Å². The summed E-state index contributed by atoms with van der Waals surface area (Å²) in [5.41, 5.74) is 3.96. The van der Waals surface area contributed by atoms with E-state index >= 15 is 0 Å². The molecule has 0 aliphatic carbocycles. The van der Waals surface area contributed by atoms with Crippen LogP contribution in [0.2, 0.25) is 10.0 Å². The molecule has 0 aliphatic heterocycles. The molecule has 0 unspecified atom stereocenters. The molecule has 0 bridgehead atoms. The standard InChI is InChI=1S/C24H18Cl2N4O3S/c1-33-17-11-9-16(10-12-17)30-23(32)18-6-2-3-8-20(18)28-24(30)34-14-21(31)29-27-13-15-5-4-7-19(25)22(15)26/h2-13H,14H2,1H3,(H,29,31)/b27-13+. The quantitative estimate of drug-likeness (QED) is 0.164. The molecule has 0 spiro atoms. The zero-order valence-electron chi connectivity index (χ0n) is 17.9. The smallest absolute Gasteiger partial charge is 0.266 e. The molecule has 0 saturated heterocycles. The van der Waals surface area contributed by atoms with E-state index in [1.54, 1.807) is 67.8 Å². The summed E-state index contributed by atoms with van der Waals surface area (Å²) in [6.45, 7) is 0. The van der Waals surface area contributed by atoms with Crippen molar-refractivity contribution in [1.82, 2.24) is 15.0 Å². The predicted molar refractivity (Wildman–Crippen MR) is 137 cm³/mol. The predicted octanol–water partition coefficient (Wildman–Crippen LogP) is 4.94. The van der Waals surface area contributed by atoms with Crippen molar-refractivity contribution < 1.29 is 9.53 Å². The van der Waals surface area contributed by atoms with Gasteiger partial charge in [-0.25, -0.2) is 10.4 Å². The summed E-state index contributed by atoms with van der Waals surface area (Å²) in [5, 5.41) is 5.54. The number of amides is 1. The van der Waals surface area contributed by atoms with E-state index in [0.29, 0.717) is 43.1 Å². The second-order valence-corrected chi connectivity index (χ2v) is 8.70. The Balaban J connectivity index is 1.57. The van der Waals surface area contributed by atoms with Crippen LogP contribution in [0, 0.1) is 0 Å². The highest BCUT2D eigenvalue weighted by molar-refractivity contribution is 7.99. The van der Waals surface area contributed by atoms with Gasteiger partial charge in [0.05, 0.1) is 45.7 Å². The fourth-order valence-electron chi connectivity index (χ4n) is 3.12. The number of hydrazone groups is 1. The molecule has 4 aromatic rings. The van der Waals surface area contributed by atoms with Crippen LogP contribution in [0.4, 0.5) is 0 Å². The normalized spacial score (nSPS) is 11.1. The zero-order chi connectivity index (χ0) is 24.1. The zero-order valence-corrected chi connectivity index (χ0v) is 20.2. The third kappa shape index (κ3) is 5.25. The number of fused-ring (bicyclic) bond motifs is 1. The maximum absolute atomic E-state index is 13.3. The largest absolute Gasteiger partial charge is 0.497 e. The van der Waals surface area contributed by atoms with Gasteiger partial charge in [-0.2, -0.15) is 5.10 Å². The van der Waals surface area contributed by atoms with Crippen LogP contribution in [-0.2, 0) is 4.79 Å². The maximum atomic E-state index is 13.3. The van der Waals surface area contributed by atoms with Crippen LogP contribution in [0.3, 0.4) is 0 Å². The minimum Gasteiger partial charge on any atom is -0.497 e. The minimum absolute atomic E-state index is 0.0123. The molecule has 172 valence electrons. The summed E-state index contributed by atoms with van der Waals surface area (Å²) < 4.78 is 6.69. The maximum Gasteiger partial charge on any atom is 0.266 e. The molecule has 1 aromatic heterocycles. The highest BCUT2D eigenvalue weighted by atomic mass is 35.5. The molecule has 3 aromatic carbocycles. The molecule has 0 radical (unpaired) electrons. The number of benzene rings is 3. The van der Waals surface area contributed by atoms with Crippen molar-refractivity contribution in [3.63, 3.8) is 0 Å². The number of methoxy groups -OCH3 is 1. The van der Waals surface area contributed by atoms with E-state index in [0.717, 1.165) is 11.8 Å². The Morgan fingerprint density at radius 3 is 2.65 bits per heavy atom. The number of hydrogen-bond donors (Lipinski definition) is 1. The number of carbonyl (C=O) groups excluding carboxylic acids is 1. The summed E-state index contributed by atoms with van der Waals surface area (Å²) in [6.07, 6.45) is 1.42. The second-order valence-electron chi connectivity index (χ2n) is 6.98. The van der Waals surface area contributed by atoms with E-state index in [1.165, 1.54) is 10.8 Å². The summed E-state index contributed by atoms with van der Waals surface area (Å²) in [7, 11) is 1.57. The van der Waals surface area contributed by atoms with Gasteiger partial charge in [-0.15, -0.1) is 0 Å². The first kappa shape index (κ1) is 23.8. The lowest BCUT2D eigenvalue weighted by atomic mass is 10.2. The molecule has 0 aliphatic rings. The third-order valence-electron chi connectivity index (χ3n) is 4.78. The SMILES string of the molecule is COc1ccc(-n2c(SCC(=O)N/N=C/c3cccc(Cl)c3Cl)nc3ccccc3c2=O)cc1. The molecule has 34 heavy (non-hydrogen) atoms. The number of ether oxygens (including phenoxy) is 1. The van der Waals surface area contributed by atoms with Crippen LogP contribution in [-0.4, -0.2) is 34.5 Å². The first-order valence-corrected chi connectivity index (χ1v) is 11.8. The van der Waals surface area contributed by atoms with Gasteiger partial charge in [0.15, 0.2) is 5.16 Å². The van der Waals surface area contributed by atoms with Crippen LogP contribution in [0.15, 0.2) is 81.8 Å². The van der Waals surface area contributed by atoms with E-state index in [2.05, 4.69) is 15.5 Å². The van der Waals surface area contributed by atoms with Gasteiger partial charge in [0.25, 0.3) is 11.5 Å². The number of nitrogens with one attached hydrogen (secondary N) is 1. The van der Waals surface area contributed by atoms with Crippen molar-refractivity contribution in [1.29, 1.82) is 0 Å². The first-order valence-electron chi connectivity index (χ1n) is 10.0. The van der Waals surface area contributed by atoms with Crippen LogP contribution in [0.25, 0.3) is 16.6 Å². The Morgan fingerprint density at radius 1 is 1.12 bits per heavy atom. The molecule has 1 amide bonds. The van der Waals surface area contributed by atoms with Gasteiger partial charge in [-0.1, -0.05) is 59.2 Å². The van der Waals surface area contributed by atoms with Crippen molar-refractivity contribution in [2.75, 3.05) is 12.9 Å². The Hall–Kier alpha value is -3.33. The van der Waals surface area contributed by atoms with E-state index in [4.69, 9.17) is 27.9 Å². The van der Waals surface area contributed by atoms with Crippen molar-refractivity contribution in [3.8, 4) is 11.4 Å². The van der Waals surface area contributed by atoms with Crippen LogP contribution >= 0.6 is 35.0 Å². The number of halogens is 2. The summed E-state index contributed by atoms with van der Waals surface area (Å²) >= 11 is 13.2. The molecule has 4 rings (SSSR count). The van der Waals surface area contributed by atoms with Gasteiger partial charge in [0.2, 0.25) is 0 Å². The monoisotopic (exact) mass is 512 g/mol. The molecule has 1 N–H and O–H groups in total. The topological polar surface area (TPSA) is 85.6 Å². The lowest BCUT2D eigenvalue weighted by molar-refractivity contribution is -0.118. The highest BCUT2D eigenvalue weighted by Crippen LogP contribution is 2.24. The molecule has 0 atom stereocenters. The Morgan fingerprint density at radius 2 is 1.88 bits per heavy atom. The third-order valence-corrected chi connectivity index (χ3v) is 6.55. The fourth-order valence-corrected chi connectivity index (χ4v) is 4.29. The lowest BCUT2D eigenvalue weighted by Gasteiger charge is -2.13. The average molecular weight is 513 g/mol. The van der Waals surface area contributed by atoms with Crippen molar-refractivity contribution in [2.45, 2.75) is 5.16 Å². The Labute approximate surface area is 209 Å². The number of thioether (sulfide) groups is 1. The van der Waals surface area contributed by atoms with Gasteiger partial charge < -0.3 is 4.74 Å². The number of rotatable bonds is 7. The van der Waals surface area contributed by atoms with Gasteiger partial charge >= 0.3 is 0 Å². The number of nitrogens with zero attached hydrogens (tertiary/aromatic N) is 3. The van der Waals surface area contributed by atoms with Crippen molar-refractivity contribution in [2.24, 2.45) is 5.10 Å².